The van der Waals surface area contributed by atoms with Gasteiger partial charge in [0.1, 0.15) is 0 Å². The minimum absolute atomic E-state index is 0.109. The Hall–Kier alpha value is -1.71. The van der Waals surface area contributed by atoms with Gasteiger partial charge >= 0.3 is 5.69 Å². The predicted octanol–water partition coefficient (Wildman–Crippen LogP) is -0.00520. The molecule has 0 unspecified atom stereocenters. The van der Waals surface area contributed by atoms with Gasteiger partial charge in [-0.2, -0.15) is 0 Å². The Morgan fingerprint density at radius 1 is 1.30 bits per heavy atom. The molecule has 1 heterocycles. The van der Waals surface area contributed by atoms with Crippen LogP contribution in [-0.4, -0.2) is 18.0 Å². The molecule has 7 nitrogen and oxygen atoms in total. The fraction of sp³-hybridized carbons (Fsp3) is 0.0909. The number of nitrogens with two attached hydrogens (primary N) is 1. The largest absolute Gasteiger partial charge is 0.328 e. The van der Waals surface area contributed by atoms with Gasteiger partial charge in [-0.3, -0.25) is 14.3 Å². The molecule has 1 aromatic heterocycles. The van der Waals surface area contributed by atoms with Gasteiger partial charge in [0.25, 0.3) is 5.56 Å². The average molecular weight is 360 g/mol. The number of primary sulfonamides is 1. The van der Waals surface area contributed by atoms with Crippen LogP contribution in [0.3, 0.4) is 0 Å². The van der Waals surface area contributed by atoms with E-state index in [4.69, 9.17) is 5.14 Å². The van der Waals surface area contributed by atoms with E-state index in [0.29, 0.717) is 0 Å². The zero-order valence-electron chi connectivity index (χ0n) is 10.0. The summed E-state index contributed by atoms with van der Waals surface area (Å²) in [5, 5.41) is 4.92. The van der Waals surface area contributed by atoms with Gasteiger partial charge in [0.05, 0.1) is 6.54 Å². The van der Waals surface area contributed by atoms with Crippen molar-refractivity contribution in [2.24, 2.45) is 5.14 Å². The summed E-state index contributed by atoms with van der Waals surface area (Å²) in [4.78, 5) is 24.4. The summed E-state index contributed by atoms with van der Waals surface area (Å²) in [5.74, 6) is 0. The highest BCUT2D eigenvalue weighted by Crippen LogP contribution is 2.12. The first-order valence-electron chi connectivity index (χ1n) is 5.38. The number of nitrogens with zero attached hydrogens (tertiary/aromatic N) is 1. The molecular formula is C11H10BrN3O4S. The number of rotatable bonds is 3. The number of benzene rings is 1. The van der Waals surface area contributed by atoms with Crippen LogP contribution in [0.4, 0.5) is 0 Å². The van der Waals surface area contributed by atoms with Crippen LogP contribution in [0.5, 0.6) is 0 Å². The topological polar surface area (TPSA) is 115 Å². The quantitative estimate of drug-likeness (QED) is 0.801. The van der Waals surface area contributed by atoms with Gasteiger partial charge in [0.15, 0.2) is 4.90 Å². The Balaban J connectivity index is 2.53. The summed E-state index contributed by atoms with van der Waals surface area (Å²) in [6.45, 7) is 0.109. The Kier molecular flexibility index (Phi) is 3.93. The van der Waals surface area contributed by atoms with Gasteiger partial charge in [-0.25, -0.2) is 18.4 Å². The molecule has 0 aliphatic carbocycles. The standard InChI is InChI=1S/C11H10BrN3O4S/c12-8-3-1-2-7(4-8)5-15-6-9(20(13,18)19)10(16)14-11(15)17/h1-4,6H,5H2,(H2,13,18,19)(H,14,16,17). The van der Waals surface area contributed by atoms with Crippen molar-refractivity contribution in [3.05, 3.63) is 61.3 Å². The van der Waals surface area contributed by atoms with Crippen LogP contribution in [0.2, 0.25) is 0 Å². The van der Waals surface area contributed by atoms with Crippen LogP contribution < -0.4 is 16.4 Å². The summed E-state index contributed by atoms with van der Waals surface area (Å²) in [5.41, 5.74) is -0.973. The maximum atomic E-state index is 11.7. The third kappa shape index (κ3) is 3.24. The fourth-order valence-corrected chi connectivity index (χ4v) is 2.67. The molecule has 2 aromatic rings. The van der Waals surface area contributed by atoms with Gasteiger partial charge in [0, 0.05) is 10.7 Å². The van der Waals surface area contributed by atoms with E-state index in [2.05, 4.69) is 15.9 Å². The van der Waals surface area contributed by atoms with Crippen LogP contribution in [0.15, 0.2) is 49.4 Å². The molecule has 0 amide bonds. The van der Waals surface area contributed by atoms with E-state index in [9.17, 15) is 18.0 Å². The smallest absolute Gasteiger partial charge is 0.295 e. The molecule has 0 aliphatic heterocycles. The van der Waals surface area contributed by atoms with E-state index in [1.54, 1.807) is 18.2 Å². The van der Waals surface area contributed by atoms with E-state index in [0.717, 1.165) is 20.8 Å². The second kappa shape index (κ2) is 5.35. The normalized spacial score (nSPS) is 11.5. The Morgan fingerprint density at radius 3 is 2.60 bits per heavy atom. The average Bonchev–Trinajstić information content (AvgIpc) is 2.31. The van der Waals surface area contributed by atoms with Gasteiger partial charge in [-0.05, 0) is 17.7 Å². The summed E-state index contributed by atoms with van der Waals surface area (Å²) in [7, 11) is -4.19. The first-order valence-corrected chi connectivity index (χ1v) is 7.72. The first kappa shape index (κ1) is 14.7. The van der Waals surface area contributed by atoms with Gasteiger partial charge in [0.2, 0.25) is 10.0 Å². The molecule has 0 aliphatic rings. The Morgan fingerprint density at radius 2 is 2.00 bits per heavy atom. The summed E-state index contributed by atoms with van der Waals surface area (Å²) >= 11 is 3.29. The minimum Gasteiger partial charge on any atom is -0.295 e. The number of nitrogens with one attached hydrogen (secondary N) is 1. The molecule has 0 radical (unpaired) electrons. The number of halogens is 1. The summed E-state index contributed by atoms with van der Waals surface area (Å²) in [6.07, 6.45) is 0.942. The number of sulfonamides is 1. The van der Waals surface area contributed by atoms with Crippen molar-refractivity contribution in [3.63, 3.8) is 0 Å². The zero-order valence-corrected chi connectivity index (χ0v) is 12.4. The molecule has 0 spiro atoms. The molecule has 9 heteroatoms. The predicted molar refractivity (Wildman–Crippen MR) is 75.9 cm³/mol. The zero-order chi connectivity index (χ0) is 14.9. The number of aromatic nitrogens is 2. The van der Waals surface area contributed by atoms with Crippen LogP contribution in [0.25, 0.3) is 0 Å². The maximum Gasteiger partial charge on any atom is 0.328 e. The van der Waals surface area contributed by atoms with Crippen molar-refractivity contribution in [3.8, 4) is 0 Å². The van der Waals surface area contributed by atoms with Gasteiger partial charge < -0.3 is 0 Å². The van der Waals surface area contributed by atoms with Gasteiger partial charge in [-0.1, -0.05) is 28.1 Å². The lowest BCUT2D eigenvalue weighted by atomic mass is 10.2. The molecule has 0 saturated carbocycles. The van der Waals surface area contributed by atoms with Crippen molar-refractivity contribution in [1.29, 1.82) is 0 Å². The summed E-state index contributed by atoms with van der Waals surface area (Å²) in [6, 6.07) is 7.12. The lowest BCUT2D eigenvalue weighted by Gasteiger charge is -2.07. The third-order valence-corrected chi connectivity index (χ3v) is 3.92. The van der Waals surface area contributed by atoms with Crippen LogP contribution in [0.1, 0.15) is 5.56 Å². The van der Waals surface area contributed by atoms with Crippen molar-refractivity contribution in [1.82, 2.24) is 9.55 Å². The van der Waals surface area contributed by atoms with E-state index < -0.39 is 26.2 Å². The molecule has 0 bridgehead atoms. The molecule has 0 atom stereocenters. The molecule has 3 N–H and O–H groups in total. The SMILES string of the molecule is NS(=O)(=O)c1cn(Cc2cccc(Br)c2)c(=O)[nH]c1=O. The van der Waals surface area contributed by atoms with Crippen molar-refractivity contribution < 1.29 is 8.42 Å². The van der Waals surface area contributed by atoms with E-state index in [1.165, 1.54) is 0 Å². The fourth-order valence-electron chi connectivity index (χ4n) is 1.64. The molecule has 0 saturated heterocycles. The Bertz CT molecular complexity index is 870. The lowest BCUT2D eigenvalue weighted by Crippen LogP contribution is -2.34. The van der Waals surface area contributed by atoms with E-state index >= 15 is 0 Å². The minimum atomic E-state index is -4.19. The number of aromatic amines is 1. The van der Waals surface area contributed by atoms with Crippen LogP contribution in [0, 0.1) is 0 Å². The monoisotopic (exact) mass is 359 g/mol. The Labute approximate surface area is 122 Å². The molecular weight excluding hydrogens is 350 g/mol. The number of hydrogen-bond acceptors (Lipinski definition) is 4. The molecule has 20 heavy (non-hydrogen) atoms. The maximum absolute atomic E-state index is 11.7. The second-order valence-corrected chi connectivity index (χ2v) is 6.50. The third-order valence-electron chi connectivity index (χ3n) is 2.53. The second-order valence-electron chi connectivity index (χ2n) is 4.06. The van der Waals surface area contributed by atoms with Crippen molar-refractivity contribution in [2.45, 2.75) is 11.4 Å². The van der Waals surface area contributed by atoms with E-state index in [-0.39, 0.29) is 6.54 Å². The molecule has 0 fully saturated rings. The van der Waals surface area contributed by atoms with Crippen LogP contribution >= 0.6 is 15.9 Å². The molecule has 1 aromatic carbocycles. The van der Waals surface area contributed by atoms with Crippen molar-refractivity contribution >= 4 is 26.0 Å². The number of H-pyrrole nitrogens is 1. The summed E-state index contributed by atoms with van der Waals surface area (Å²) < 4.78 is 24.4. The van der Waals surface area contributed by atoms with E-state index in [1.807, 2.05) is 11.1 Å². The highest BCUT2D eigenvalue weighted by Gasteiger charge is 2.15. The lowest BCUT2D eigenvalue weighted by molar-refractivity contribution is 0.591. The number of hydrogen-bond donors (Lipinski definition) is 2. The molecule has 106 valence electrons. The highest BCUT2D eigenvalue weighted by atomic mass is 79.9. The van der Waals surface area contributed by atoms with Crippen molar-refractivity contribution in [2.75, 3.05) is 0 Å². The highest BCUT2D eigenvalue weighted by molar-refractivity contribution is 9.10. The first-order chi connectivity index (χ1) is 9.27. The molecule has 2 rings (SSSR count). The van der Waals surface area contributed by atoms with Crippen LogP contribution in [-0.2, 0) is 16.6 Å². The van der Waals surface area contributed by atoms with Gasteiger partial charge in [-0.15, -0.1) is 0 Å².